The molecule has 0 fully saturated rings. The Kier molecular flexibility index (Phi) is 3.82. The minimum absolute atomic E-state index is 0.0692. The van der Waals surface area contributed by atoms with Crippen LogP contribution in [-0.4, -0.2) is 35.4 Å². The summed E-state index contributed by atoms with van der Waals surface area (Å²) >= 11 is 0. The highest BCUT2D eigenvalue weighted by molar-refractivity contribution is 5.91. The van der Waals surface area contributed by atoms with Crippen LogP contribution in [0.25, 0.3) is 10.9 Å². The molecule has 0 saturated heterocycles. The molecule has 0 amide bonds. The van der Waals surface area contributed by atoms with Crippen molar-refractivity contribution in [2.75, 3.05) is 18.5 Å². The summed E-state index contributed by atoms with van der Waals surface area (Å²) in [5.74, 6) is 0.518. The van der Waals surface area contributed by atoms with Gasteiger partial charge >= 0.3 is 6.18 Å². The van der Waals surface area contributed by atoms with Crippen molar-refractivity contribution in [3.63, 3.8) is 0 Å². The van der Waals surface area contributed by atoms with E-state index in [2.05, 4.69) is 15.2 Å². The van der Waals surface area contributed by atoms with E-state index in [1.165, 1.54) is 12.1 Å². The normalized spacial score (nSPS) is 11.6. The Bertz CT molecular complexity index is 622. The molecule has 0 atom stereocenters. The van der Waals surface area contributed by atoms with Gasteiger partial charge in [-0.05, 0) is 18.2 Å². The molecule has 0 radical (unpaired) electrons. The van der Waals surface area contributed by atoms with Gasteiger partial charge in [-0.25, -0.2) is 0 Å². The molecule has 20 heavy (non-hydrogen) atoms. The molecule has 0 saturated carbocycles. The minimum Gasteiger partial charge on any atom is -0.484 e. The van der Waals surface area contributed by atoms with Gasteiger partial charge in [0.1, 0.15) is 12.0 Å². The van der Waals surface area contributed by atoms with Gasteiger partial charge in [0, 0.05) is 12.4 Å². The molecule has 1 N–H and O–H groups in total. The van der Waals surface area contributed by atoms with Gasteiger partial charge in [-0.2, -0.15) is 18.3 Å². The molecule has 2 aromatic rings. The van der Waals surface area contributed by atoms with Crippen LogP contribution in [0.2, 0.25) is 0 Å². The number of nitrogens with zero attached hydrogens (tertiary/aromatic N) is 2. The minimum atomic E-state index is -4.39. The number of benzene rings is 1. The van der Waals surface area contributed by atoms with Crippen LogP contribution in [0.3, 0.4) is 0 Å². The van der Waals surface area contributed by atoms with Gasteiger partial charge in [-0.3, -0.25) is 4.68 Å². The molecule has 2 rings (SSSR count). The average Bonchev–Trinajstić information content (AvgIpc) is 2.70. The van der Waals surface area contributed by atoms with Crippen LogP contribution < -0.4 is 10.1 Å². The van der Waals surface area contributed by atoms with Gasteiger partial charge in [0.15, 0.2) is 12.4 Å². The molecule has 108 valence electrons. The van der Waals surface area contributed by atoms with Crippen LogP contribution in [0.1, 0.15) is 0 Å². The summed E-state index contributed by atoms with van der Waals surface area (Å²) in [6.45, 7) is -1.28. The molecular weight excluding hydrogens is 275 g/mol. The van der Waals surface area contributed by atoms with E-state index < -0.39 is 12.8 Å². The van der Waals surface area contributed by atoms with E-state index in [-0.39, 0.29) is 12.3 Å². The highest BCUT2D eigenvalue weighted by atomic mass is 19.4. The van der Waals surface area contributed by atoms with Crippen LogP contribution in [0.15, 0.2) is 18.2 Å². The molecule has 1 heterocycles. The van der Waals surface area contributed by atoms with E-state index in [4.69, 9.17) is 0 Å². The van der Waals surface area contributed by atoms with Gasteiger partial charge < -0.3 is 14.8 Å². The molecule has 0 aliphatic rings. The number of hydrogen-bond acceptors (Lipinski definition) is 4. The number of aldehydes is 1. The Morgan fingerprint density at radius 3 is 2.85 bits per heavy atom. The van der Waals surface area contributed by atoms with Crippen molar-refractivity contribution in [1.29, 1.82) is 0 Å². The summed E-state index contributed by atoms with van der Waals surface area (Å²) in [5.41, 5.74) is 0.720. The lowest BCUT2D eigenvalue weighted by Gasteiger charge is -2.09. The van der Waals surface area contributed by atoms with Crippen LogP contribution >= 0.6 is 0 Å². The zero-order valence-corrected chi connectivity index (χ0v) is 10.6. The molecular formula is C12H12F3N3O2. The first-order valence-electron chi connectivity index (χ1n) is 5.74. The topological polar surface area (TPSA) is 56.2 Å². The maximum absolute atomic E-state index is 12.1. The SMILES string of the molecule is Cn1nc(NCC=O)c2cc(OCC(F)(F)F)ccc21. The summed E-state index contributed by atoms with van der Waals surface area (Å²) in [5, 5.41) is 7.52. The molecule has 1 aromatic heterocycles. The monoisotopic (exact) mass is 287 g/mol. The second kappa shape index (κ2) is 5.40. The third-order valence-electron chi connectivity index (χ3n) is 2.58. The Balaban J connectivity index is 2.29. The van der Waals surface area contributed by atoms with Gasteiger partial charge in [0.2, 0.25) is 0 Å². The molecule has 0 bridgehead atoms. The van der Waals surface area contributed by atoms with E-state index in [9.17, 15) is 18.0 Å². The first-order chi connectivity index (χ1) is 9.40. The van der Waals surface area contributed by atoms with Gasteiger partial charge in [0.05, 0.1) is 12.1 Å². The molecule has 8 heteroatoms. The Hall–Kier alpha value is -2.25. The van der Waals surface area contributed by atoms with Crippen molar-refractivity contribution >= 4 is 23.0 Å². The standard InChI is InChI=1S/C12H12F3N3O2/c1-18-10-3-2-8(20-7-12(13,14)15)6-9(10)11(17-18)16-4-5-19/h2-3,5-6H,4,7H2,1H3,(H,16,17). The molecule has 5 nitrogen and oxygen atoms in total. The van der Waals surface area contributed by atoms with Crippen LogP contribution in [0.4, 0.5) is 19.0 Å². The molecule has 1 aromatic carbocycles. The third-order valence-corrected chi connectivity index (χ3v) is 2.58. The first kappa shape index (κ1) is 14.2. The smallest absolute Gasteiger partial charge is 0.422 e. The lowest BCUT2D eigenvalue weighted by molar-refractivity contribution is -0.153. The maximum Gasteiger partial charge on any atom is 0.422 e. The number of fused-ring (bicyclic) bond motifs is 1. The fraction of sp³-hybridized carbons (Fsp3) is 0.333. The van der Waals surface area contributed by atoms with Crippen molar-refractivity contribution in [2.45, 2.75) is 6.18 Å². The number of hydrogen-bond donors (Lipinski definition) is 1. The number of aryl methyl sites for hydroxylation is 1. The average molecular weight is 287 g/mol. The number of aromatic nitrogens is 2. The number of carbonyl (C=O) groups excluding carboxylic acids is 1. The largest absolute Gasteiger partial charge is 0.484 e. The van der Waals surface area contributed by atoms with E-state index in [1.807, 2.05) is 0 Å². The summed E-state index contributed by atoms with van der Waals surface area (Å²) in [6.07, 6.45) is -3.72. The third kappa shape index (κ3) is 3.19. The Labute approximate surface area is 112 Å². The fourth-order valence-electron chi connectivity index (χ4n) is 1.77. The van der Waals surface area contributed by atoms with Gasteiger partial charge in [-0.15, -0.1) is 0 Å². The zero-order chi connectivity index (χ0) is 14.8. The fourth-order valence-corrected chi connectivity index (χ4v) is 1.77. The number of halogens is 3. The van der Waals surface area contributed by atoms with E-state index in [1.54, 1.807) is 17.8 Å². The van der Waals surface area contributed by atoms with Crippen molar-refractivity contribution in [1.82, 2.24) is 9.78 Å². The molecule has 0 spiro atoms. The second-order valence-electron chi connectivity index (χ2n) is 4.10. The lowest BCUT2D eigenvalue weighted by atomic mass is 10.2. The lowest BCUT2D eigenvalue weighted by Crippen LogP contribution is -2.19. The number of ether oxygens (including phenoxy) is 1. The quantitative estimate of drug-likeness (QED) is 0.856. The summed E-state index contributed by atoms with van der Waals surface area (Å²) in [7, 11) is 1.70. The number of carbonyl (C=O) groups is 1. The predicted molar refractivity (Wildman–Crippen MR) is 66.8 cm³/mol. The number of nitrogens with one attached hydrogen (secondary N) is 1. The molecule has 0 unspecified atom stereocenters. The van der Waals surface area contributed by atoms with Crippen molar-refractivity contribution in [3.8, 4) is 5.75 Å². The summed E-state index contributed by atoms with van der Waals surface area (Å²) in [6, 6.07) is 4.51. The summed E-state index contributed by atoms with van der Waals surface area (Å²) < 4.78 is 42.6. The van der Waals surface area contributed by atoms with Crippen molar-refractivity contribution in [3.05, 3.63) is 18.2 Å². The molecule has 0 aliphatic heterocycles. The zero-order valence-electron chi connectivity index (χ0n) is 10.6. The van der Waals surface area contributed by atoms with Gasteiger partial charge in [-0.1, -0.05) is 0 Å². The number of alkyl halides is 3. The molecule has 0 aliphatic carbocycles. The number of anilines is 1. The van der Waals surface area contributed by atoms with Crippen LogP contribution in [0.5, 0.6) is 5.75 Å². The van der Waals surface area contributed by atoms with Crippen molar-refractivity contribution < 1.29 is 22.7 Å². The van der Waals surface area contributed by atoms with Gasteiger partial charge in [0.25, 0.3) is 0 Å². The van der Waals surface area contributed by atoms with Crippen LogP contribution in [-0.2, 0) is 11.8 Å². The Morgan fingerprint density at radius 2 is 2.20 bits per heavy atom. The highest BCUT2D eigenvalue weighted by Crippen LogP contribution is 2.27. The van der Waals surface area contributed by atoms with E-state index >= 15 is 0 Å². The predicted octanol–water partition coefficient (Wildman–Crippen LogP) is 2.13. The second-order valence-corrected chi connectivity index (χ2v) is 4.10. The highest BCUT2D eigenvalue weighted by Gasteiger charge is 2.28. The van der Waals surface area contributed by atoms with E-state index in [0.29, 0.717) is 17.5 Å². The first-order valence-corrected chi connectivity index (χ1v) is 5.74. The van der Waals surface area contributed by atoms with E-state index in [0.717, 1.165) is 5.52 Å². The maximum atomic E-state index is 12.1. The summed E-state index contributed by atoms with van der Waals surface area (Å²) in [4.78, 5) is 10.4. The number of rotatable bonds is 5. The van der Waals surface area contributed by atoms with Crippen molar-refractivity contribution in [2.24, 2.45) is 7.05 Å². The Morgan fingerprint density at radius 1 is 1.45 bits per heavy atom. The van der Waals surface area contributed by atoms with Crippen LogP contribution in [0, 0.1) is 0 Å².